The molecule has 0 aliphatic carbocycles. The van der Waals surface area contributed by atoms with Crippen molar-refractivity contribution >= 4 is 5.96 Å². The lowest BCUT2D eigenvalue weighted by Crippen LogP contribution is -2.37. The fraction of sp³-hybridized carbons (Fsp3) is 0.632. The molecular formula is C19H30F3N3O2. The molecule has 0 spiro atoms. The van der Waals surface area contributed by atoms with Crippen LogP contribution in [0, 0.1) is 5.92 Å². The Morgan fingerprint density at radius 3 is 2.56 bits per heavy atom. The van der Waals surface area contributed by atoms with Crippen molar-refractivity contribution in [3.8, 4) is 0 Å². The second-order valence-electron chi connectivity index (χ2n) is 6.60. The van der Waals surface area contributed by atoms with Crippen LogP contribution in [0.15, 0.2) is 29.3 Å². The second kappa shape index (κ2) is 12.6. The number of hydrogen-bond acceptors (Lipinski definition) is 3. The minimum Gasteiger partial charge on any atom is -0.381 e. The van der Waals surface area contributed by atoms with Crippen LogP contribution in [0.3, 0.4) is 0 Å². The molecule has 0 fully saturated rings. The molecule has 0 amide bonds. The minimum absolute atomic E-state index is 0.0727. The zero-order chi connectivity index (χ0) is 20.1. The lowest BCUT2D eigenvalue weighted by Gasteiger charge is -2.13. The Hall–Kier alpha value is -1.80. The first-order valence-electron chi connectivity index (χ1n) is 9.04. The van der Waals surface area contributed by atoms with Crippen molar-refractivity contribution in [3.05, 3.63) is 35.4 Å². The van der Waals surface area contributed by atoms with Crippen molar-refractivity contribution in [3.63, 3.8) is 0 Å². The number of guanidine groups is 1. The van der Waals surface area contributed by atoms with E-state index in [1.54, 1.807) is 19.2 Å². The van der Waals surface area contributed by atoms with Gasteiger partial charge >= 0.3 is 6.18 Å². The molecule has 154 valence electrons. The van der Waals surface area contributed by atoms with Gasteiger partial charge in [-0.05, 0) is 23.5 Å². The van der Waals surface area contributed by atoms with Crippen LogP contribution in [0.1, 0.15) is 31.4 Å². The summed E-state index contributed by atoms with van der Waals surface area (Å²) in [5, 5.41) is 6.38. The van der Waals surface area contributed by atoms with Gasteiger partial charge in [-0.1, -0.05) is 38.1 Å². The fourth-order valence-electron chi connectivity index (χ4n) is 2.22. The maximum absolute atomic E-state index is 12.1. The molecule has 0 heterocycles. The summed E-state index contributed by atoms with van der Waals surface area (Å²) in [6.07, 6.45) is -3.43. The minimum atomic E-state index is -4.31. The molecule has 0 aliphatic rings. The molecule has 0 radical (unpaired) electrons. The third kappa shape index (κ3) is 12.3. The first-order valence-corrected chi connectivity index (χ1v) is 9.04. The van der Waals surface area contributed by atoms with Crippen molar-refractivity contribution in [1.29, 1.82) is 0 Å². The topological polar surface area (TPSA) is 54.9 Å². The van der Waals surface area contributed by atoms with Gasteiger partial charge in [-0.15, -0.1) is 0 Å². The van der Waals surface area contributed by atoms with E-state index in [-0.39, 0.29) is 6.61 Å². The van der Waals surface area contributed by atoms with Crippen LogP contribution in [-0.4, -0.2) is 45.5 Å². The Labute approximate surface area is 159 Å². The van der Waals surface area contributed by atoms with Crippen LogP contribution < -0.4 is 10.6 Å². The first-order chi connectivity index (χ1) is 12.8. The summed E-state index contributed by atoms with van der Waals surface area (Å²) in [5.41, 5.74) is 1.63. The van der Waals surface area contributed by atoms with Gasteiger partial charge in [-0.25, -0.2) is 0 Å². The Kier molecular flexibility index (Phi) is 10.8. The maximum Gasteiger partial charge on any atom is 0.411 e. The Morgan fingerprint density at radius 2 is 1.89 bits per heavy atom. The number of rotatable bonds is 11. The molecule has 0 saturated heterocycles. The standard InChI is InChI=1S/C19H30F3N3O2/c1-15(2)12-26-9-5-8-24-18(23-3)25-11-16-6-4-7-17(10-16)13-27-14-19(20,21)22/h4,6-7,10,15H,5,8-9,11-14H2,1-3H3,(H2,23,24,25). The predicted octanol–water partition coefficient (Wildman–Crippen LogP) is 3.49. The van der Waals surface area contributed by atoms with Crippen LogP contribution in [-0.2, 0) is 22.6 Å². The molecule has 0 saturated carbocycles. The van der Waals surface area contributed by atoms with E-state index in [1.165, 1.54) is 0 Å². The number of ether oxygens (including phenoxy) is 2. The largest absolute Gasteiger partial charge is 0.411 e. The highest BCUT2D eigenvalue weighted by atomic mass is 19.4. The number of benzene rings is 1. The maximum atomic E-state index is 12.1. The Morgan fingerprint density at radius 1 is 1.15 bits per heavy atom. The van der Waals surface area contributed by atoms with Gasteiger partial charge < -0.3 is 20.1 Å². The Balaban J connectivity index is 2.30. The van der Waals surface area contributed by atoms with Gasteiger partial charge in [0.25, 0.3) is 0 Å². The van der Waals surface area contributed by atoms with Gasteiger partial charge in [-0.2, -0.15) is 13.2 Å². The summed E-state index contributed by atoms with van der Waals surface area (Å²) in [6.45, 7) is 5.62. The first kappa shape index (κ1) is 23.2. The zero-order valence-electron chi connectivity index (χ0n) is 16.2. The van der Waals surface area contributed by atoms with Crippen molar-refractivity contribution in [2.75, 3.05) is 33.4 Å². The Bertz CT molecular complexity index is 563. The number of alkyl halides is 3. The molecule has 1 rings (SSSR count). The van der Waals surface area contributed by atoms with E-state index in [0.717, 1.165) is 25.1 Å². The monoisotopic (exact) mass is 389 g/mol. The van der Waals surface area contributed by atoms with Crippen LogP contribution in [0.5, 0.6) is 0 Å². The number of nitrogens with zero attached hydrogens (tertiary/aromatic N) is 1. The van der Waals surface area contributed by atoms with Gasteiger partial charge in [0.1, 0.15) is 6.61 Å². The molecule has 0 unspecified atom stereocenters. The van der Waals surface area contributed by atoms with Crippen molar-refractivity contribution < 1.29 is 22.6 Å². The molecule has 0 aliphatic heterocycles. The number of hydrogen-bond donors (Lipinski definition) is 2. The van der Waals surface area contributed by atoms with E-state index in [0.29, 0.717) is 30.6 Å². The van der Waals surface area contributed by atoms with E-state index >= 15 is 0 Å². The van der Waals surface area contributed by atoms with Crippen molar-refractivity contribution in [2.24, 2.45) is 10.9 Å². The van der Waals surface area contributed by atoms with E-state index < -0.39 is 12.8 Å². The van der Waals surface area contributed by atoms with Gasteiger partial charge in [-0.3, -0.25) is 4.99 Å². The third-order valence-corrected chi connectivity index (χ3v) is 3.42. The second-order valence-corrected chi connectivity index (χ2v) is 6.60. The summed E-state index contributed by atoms with van der Waals surface area (Å²) in [4.78, 5) is 4.15. The summed E-state index contributed by atoms with van der Waals surface area (Å²) in [7, 11) is 1.69. The quantitative estimate of drug-likeness (QED) is 0.346. The van der Waals surface area contributed by atoms with Crippen molar-refractivity contribution in [2.45, 2.75) is 39.6 Å². The van der Waals surface area contributed by atoms with E-state index in [4.69, 9.17) is 9.47 Å². The summed E-state index contributed by atoms with van der Waals surface area (Å²) < 4.78 is 46.6. The van der Waals surface area contributed by atoms with Crippen LogP contribution in [0.4, 0.5) is 13.2 Å². The molecule has 0 aromatic heterocycles. The molecule has 8 heteroatoms. The lowest BCUT2D eigenvalue weighted by atomic mass is 10.1. The smallest absolute Gasteiger partial charge is 0.381 e. The van der Waals surface area contributed by atoms with Crippen molar-refractivity contribution in [1.82, 2.24) is 10.6 Å². The van der Waals surface area contributed by atoms with E-state index in [2.05, 4.69) is 29.5 Å². The number of nitrogens with one attached hydrogen (secondary N) is 2. The normalized spacial score (nSPS) is 12.5. The molecule has 5 nitrogen and oxygen atoms in total. The SMILES string of the molecule is CN=C(NCCCOCC(C)C)NCc1cccc(COCC(F)(F)F)c1. The highest BCUT2D eigenvalue weighted by Crippen LogP contribution is 2.16. The lowest BCUT2D eigenvalue weighted by molar-refractivity contribution is -0.176. The van der Waals surface area contributed by atoms with Crippen LogP contribution in [0.2, 0.25) is 0 Å². The molecule has 0 atom stereocenters. The highest BCUT2D eigenvalue weighted by molar-refractivity contribution is 5.79. The molecule has 1 aromatic rings. The van der Waals surface area contributed by atoms with Gasteiger partial charge in [0, 0.05) is 33.4 Å². The predicted molar refractivity (Wildman–Crippen MR) is 101 cm³/mol. The average molecular weight is 389 g/mol. The highest BCUT2D eigenvalue weighted by Gasteiger charge is 2.27. The van der Waals surface area contributed by atoms with Gasteiger partial charge in [0.2, 0.25) is 0 Å². The molecule has 27 heavy (non-hydrogen) atoms. The van der Waals surface area contributed by atoms with E-state index in [9.17, 15) is 13.2 Å². The number of halogens is 3. The average Bonchev–Trinajstić information content (AvgIpc) is 2.59. The van der Waals surface area contributed by atoms with Gasteiger partial charge in [0.05, 0.1) is 6.61 Å². The molecule has 1 aromatic carbocycles. The fourth-order valence-corrected chi connectivity index (χ4v) is 2.22. The summed E-state index contributed by atoms with van der Waals surface area (Å²) in [5.74, 6) is 1.19. The molecule has 2 N–H and O–H groups in total. The van der Waals surface area contributed by atoms with Gasteiger partial charge in [0.15, 0.2) is 5.96 Å². The summed E-state index contributed by atoms with van der Waals surface area (Å²) >= 11 is 0. The van der Waals surface area contributed by atoms with E-state index in [1.807, 2.05) is 12.1 Å². The third-order valence-electron chi connectivity index (χ3n) is 3.42. The van der Waals surface area contributed by atoms with Crippen LogP contribution >= 0.6 is 0 Å². The zero-order valence-corrected chi connectivity index (χ0v) is 16.2. The summed E-state index contributed by atoms with van der Waals surface area (Å²) in [6, 6.07) is 7.25. The molecular weight excluding hydrogens is 359 g/mol. The number of aliphatic imine (C=N–C) groups is 1. The molecule has 0 bridgehead atoms. The van der Waals surface area contributed by atoms with Crippen LogP contribution in [0.25, 0.3) is 0 Å².